The monoisotopic (exact) mass is 302 g/mol. The predicted molar refractivity (Wildman–Crippen MR) is 85.0 cm³/mol. The first-order valence-electron chi connectivity index (χ1n) is 7.30. The molecule has 1 N–H and O–H groups in total. The molecule has 6 heteroatoms. The molecule has 0 aliphatic heterocycles. The van der Waals surface area contributed by atoms with Gasteiger partial charge in [0.05, 0.1) is 5.56 Å². The van der Waals surface area contributed by atoms with Crippen LogP contribution in [0.5, 0.6) is 0 Å². The normalized spacial score (nSPS) is 12.3. The Hall–Kier alpha value is -2.37. The van der Waals surface area contributed by atoms with Crippen molar-refractivity contribution in [2.75, 3.05) is 19.0 Å². The molecule has 0 spiro atoms. The van der Waals surface area contributed by atoms with Gasteiger partial charge in [-0.15, -0.1) is 10.2 Å². The quantitative estimate of drug-likeness (QED) is 0.919. The fourth-order valence-electron chi connectivity index (χ4n) is 2.05. The summed E-state index contributed by atoms with van der Waals surface area (Å²) in [6.45, 7) is 5.79. The van der Waals surface area contributed by atoms with E-state index in [1.807, 2.05) is 58.0 Å². The van der Waals surface area contributed by atoms with Gasteiger partial charge in [0.2, 0.25) is 11.8 Å². The van der Waals surface area contributed by atoms with E-state index in [0.29, 0.717) is 17.3 Å². The molecule has 0 saturated carbocycles. The van der Waals surface area contributed by atoms with Gasteiger partial charge >= 0.3 is 0 Å². The van der Waals surface area contributed by atoms with Crippen molar-refractivity contribution >= 4 is 11.6 Å². The molecule has 1 heterocycles. The molecule has 1 amide bonds. The van der Waals surface area contributed by atoms with Gasteiger partial charge in [-0.3, -0.25) is 4.79 Å². The Morgan fingerprint density at radius 2 is 1.77 bits per heavy atom. The molecule has 118 valence electrons. The van der Waals surface area contributed by atoms with Crippen molar-refractivity contribution in [1.29, 1.82) is 0 Å². The molecule has 1 atom stereocenters. The van der Waals surface area contributed by atoms with Crippen molar-refractivity contribution < 1.29 is 9.21 Å². The van der Waals surface area contributed by atoms with E-state index in [9.17, 15) is 4.79 Å². The number of aromatic nitrogens is 2. The minimum atomic E-state index is -0.345. The summed E-state index contributed by atoms with van der Waals surface area (Å²) >= 11 is 0. The van der Waals surface area contributed by atoms with Crippen LogP contribution in [-0.4, -0.2) is 30.2 Å². The molecule has 0 unspecified atom stereocenters. The number of nitrogens with one attached hydrogen (secondary N) is 1. The highest BCUT2D eigenvalue weighted by molar-refractivity contribution is 5.99. The Labute approximate surface area is 130 Å². The van der Waals surface area contributed by atoms with Gasteiger partial charge < -0.3 is 14.6 Å². The lowest BCUT2D eigenvalue weighted by Gasteiger charge is -2.18. The Balaban J connectivity index is 2.14. The van der Waals surface area contributed by atoms with Gasteiger partial charge in [-0.1, -0.05) is 26.0 Å². The second kappa shape index (κ2) is 6.60. The van der Waals surface area contributed by atoms with Crippen LogP contribution in [0, 0.1) is 0 Å². The van der Waals surface area contributed by atoms with E-state index in [2.05, 4.69) is 15.5 Å². The zero-order chi connectivity index (χ0) is 16.3. The van der Waals surface area contributed by atoms with E-state index >= 15 is 0 Å². The number of anilines is 1. The molecule has 6 nitrogen and oxygen atoms in total. The molecule has 2 rings (SSSR count). The van der Waals surface area contributed by atoms with E-state index < -0.39 is 0 Å². The van der Waals surface area contributed by atoms with E-state index in [1.165, 1.54) is 0 Å². The summed E-state index contributed by atoms with van der Waals surface area (Å²) in [6, 6.07) is 7.11. The number of carbonyl (C=O) groups excluding carboxylic acids is 1. The van der Waals surface area contributed by atoms with Crippen LogP contribution in [0.3, 0.4) is 0 Å². The van der Waals surface area contributed by atoms with E-state index in [4.69, 9.17) is 4.42 Å². The molecule has 0 radical (unpaired) electrons. The summed E-state index contributed by atoms with van der Waals surface area (Å²) in [5.74, 6) is 0.990. The predicted octanol–water partition coefficient (Wildman–Crippen LogP) is 2.75. The lowest BCUT2D eigenvalue weighted by molar-refractivity contribution is 0.0934. The maximum absolute atomic E-state index is 12.5. The number of rotatable bonds is 5. The van der Waals surface area contributed by atoms with Crippen LogP contribution < -0.4 is 10.2 Å². The van der Waals surface area contributed by atoms with Gasteiger partial charge in [-0.05, 0) is 19.1 Å². The number of amides is 1. The molecule has 2 aromatic rings. The number of carbonyl (C=O) groups is 1. The van der Waals surface area contributed by atoms with Crippen LogP contribution in [0.4, 0.5) is 5.69 Å². The van der Waals surface area contributed by atoms with Crippen molar-refractivity contribution in [3.8, 4) is 0 Å². The maximum atomic E-state index is 12.5. The fraction of sp³-hybridized carbons (Fsp3) is 0.438. The molecular formula is C16H22N4O2. The van der Waals surface area contributed by atoms with Crippen molar-refractivity contribution in [2.24, 2.45) is 0 Å². The van der Waals surface area contributed by atoms with Gasteiger partial charge in [-0.2, -0.15) is 0 Å². The van der Waals surface area contributed by atoms with Crippen molar-refractivity contribution in [3.63, 3.8) is 0 Å². The highest BCUT2D eigenvalue weighted by Crippen LogP contribution is 2.20. The molecule has 0 fully saturated rings. The highest BCUT2D eigenvalue weighted by Gasteiger charge is 2.20. The zero-order valence-corrected chi connectivity index (χ0v) is 13.6. The third kappa shape index (κ3) is 3.44. The number of benzene rings is 1. The molecule has 0 saturated heterocycles. The van der Waals surface area contributed by atoms with Gasteiger partial charge in [0.15, 0.2) is 0 Å². The van der Waals surface area contributed by atoms with E-state index in [1.54, 1.807) is 6.07 Å². The first-order chi connectivity index (χ1) is 10.4. The summed E-state index contributed by atoms with van der Waals surface area (Å²) in [5, 5.41) is 10.9. The molecule has 0 aliphatic carbocycles. The van der Waals surface area contributed by atoms with Crippen LogP contribution >= 0.6 is 0 Å². The third-order valence-electron chi connectivity index (χ3n) is 3.30. The van der Waals surface area contributed by atoms with E-state index in [-0.39, 0.29) is 17.9 Å². The van der Waals surface area contributed by atoms with Crippen molar-refractivity contribution in [2.45, 2.75) is 32.7 Å². The van der Waals surface area contributed by atoms with Crippen molar-refractivity contribution in [1.82, 2.24) is 15.5 Å². The van der Waals surface area contributed by atoms with Crippen LogP contribution in [0.15, 0.2) is 28.7 Å². The number of hydrogen-bond donors (Lipinski definition) is 1. The minimum Gasteiger partial charge on any atom is -0.423 e. The summed E-state index contributed by atoms with van der Waals surface area (Å²) in [5.41, 5.74) is 1.48. The molecule has 22 heavy (non-hydrogen) atoms. The fourth-order valence-corrected chi connectivity index (χ4v) is 2.05. The van der Waals surface area contributed by atoms with Crippen LogP contribution in [0.2, 0.25) is 0 Å². The number of nitrogens with zero attached hydrogens (tertiary/aromatic N) is 3. The smallest absolute Gasteiger partial charge is 0.254 e. The molecule has 0 aliphatic rings. The first-order valence-corrected chi connectivity index (χ1v) is 7.30. The van der Waals surface area contributed by atoms with Gasteiger partial charge in [0.1, 0.15) is 6.04 Å². The second-order valence-corrected chi connectivity index (χ2v) is 5.74. The SMILES string of the molecule is CC(C)c1nnc([C@@H](C)NC(=O)c2ccccc2N(C)C)o1. The standard InChI is InChI=1S/C16H22N4O2/c1-10(2)15-18-19-16(22-15)11(3)17-14(21)12-8-6-7-9-13(12)20(4)5/h6-11H,1-5H3,(H,17,21)/t11-/m1/s1. The van der Waals surface area contributed by atoms with Gasteiger partial charge in [0.25, 0.3) is 5.91 Å². The Bertz CT molecular complexity index is 649. The summed E-state index contributed by atoms with van der Waals surface area (Å²) in [6.07, 6.45) is 0. The van der Waals surface area contributed by atoms with Crippen molar-refractivity contribution in [3.05, 3.63) is 41.6 Å². The zero-order valence-electron chi connectivity index (χ0n) is 13.6. The molecule has 1 aromatic carbocycles. The topological polar surface area (TPSA) is 71.3 Å². The maximum Gasteiger partial charge on any atom is 0.254 e. The molecular weight excluding hydrogens is 280 g/mol. The molecule has 0 bridgehead atoms. The highest BCUT2D eigenvalue weighted by atomic mass is 16.4. The van der Waals surface area contributed by atoms with Crippen LogP contribution in [-0.2, 0) is 0 Å². The average Bonchev–Trinajstić information content (AvgIpc) is 2.97. The first kappa shape index (κ1) is 16.0. The van der Waals surface area contributed by atoms with Crippen LogP contribution in [0.25, 0.3) is 0 Å². The van der Waals surface area contributed by atoms with Gasteiger partial charge in [0, 0.05) is 25.7 Å². The Kier molecular flexibility index (Phi) is 4.80. The van der Waals surface area contributed by atoms with Gasteiger partial charge in [-0.25, -0.2) is 0 Å². The molecule has 1 aromatic heterocycles. The Morgan fingerprint density at radius 1 is 1.14 bits per heavy atom. The van der Waals surface area contributed by atoms with Crippen LogP contribution in [0.1, 0.15) is 54.9 Å². The third-order valence-corrected chi connectivity index (χ3v) is 3.30. The minimum absolute atomic E-state index is 0.165. The second-order valence-electron chi connectivity index (χ2n) is 5.74. The lowest BCUT2D eigenvalue weighted by atomic mass is 10.1. The Morgan fingerprint density at radius 3 is 2.36 bits per heavy atom. The average molecular weight is 302 g/mol. The largest absolute Gasteiger partial charge is 0.423 e. The number of para-hydroxylation sites is 1. The number of hydrogen-bond acceptors (Lipinski definition) is 5. The summed E-state index contributed by atoms with van der Waals surface area (Å²) in [4.78, 5) is 14.4. The summed E-state index contributed by atoms with van der Waals surface area (Å²) in [7, 11) is 3.81. The lowest BCUT2D eigenvalue weighted by Crippen LogP contribution is -2.28. The van der Waals surface area contributed by atoms with E-state index in [0.717, 1.165) is 5.69 Å². The summed E-state index contributed by atoms with van der Waals surface area (Å²) < 4.78 is 5.57.